The highest BCUT2D eigenvalue weighted by atomic mass is 32.2. The molecule has 1 aliphatic rings. The van der Waals surface area contributed by atoms with Gasteiger partial charge in [0.05, 0.1) is 32.6 Å². The van der Waals surface area contributed by atoms with Gasteiger partial charge in [0.25, 0.3) is 0 Å². The standard InChI is InChI=1S/C20H23N3O5S/c1-27-18-7-5-16(6-8-20(24)22-15-17-4-2-3-9-21-17)14-19(18)29(25,26)23-10-12-28-13-11-23/h2-9,14H,10-13,15H2,1H3,(H,22,24)/b8-6+. The second-order valence-corrected chi connectivity index (χ2v) is 8.21. The number of nitrogens with zero attached hydrogens (tertiary/aromatic N) is 2. The van der Waals surface area contributed by atoms with Crippen LogP contribution in [0.2, 0.25) is 0 Å². The number of morpholine rings is 1. The van der Waals surface area contributed by atoms with Gasteiger partial charge in [0.2, 0.25) is 15.9 Å². The van der Waals surface area contributed by atoms with E-state index in [1.54, 1.807) is 30.5 Å². The maximum atomic E-state index is 13.0. The minimum absolute atomic E-state index is 0.0675. The Labute approximate surface area is 170 Å². The second kappa shape index (κ2) is 9.64. The van der Waals surface area contributed by atoms with Crippen LogP contribution in [0.15, 0.2) is 53.6 Å². The average Bonchev–Trinajstić information content (AvgIpc) is 2.77. The lowest BCUT2D eigenvalue weighted by Crippen LogP contribution is -2.40. The molecular formula is C20H23N3O5S. The van der Waals surface area contributed by atoms with Crippen molar-refractivity contribution in [2.45, 2.75) is 11.4 Å². The number of pyridine rings is 1. The summed E-state index contributed by atoms with van der Waals surface area (Å²) in [5.74, 6) is -0.0442. The Balaban J connectivity index is 1.74. The normalized spacial score (nSPS) is 15.3. The fraction of sp³-hybridized carbons (Fsp3) is 0.300. The van der Waals surface area contributed by atoms with Gasteiger partial charge >= 0.3 is 0 Å². The van der Waals surface area contributed by atoms with Crippen LogP contribution in [0, 0.1) is 0 Å². The van der Waals surface area contributed by atoms with Crippen molar-refractivity contribution in [2.75, 3.05) is 33.4 Å². The van der Waals surface area contributed by atoms with Gasteiger partial charge in [-0.2, -0.15) is 4.31 Å². The predicted molar refractivity (Wildman–Crippen MR) is 108 cm³/mol. The third-order valence-electron chi connectivity index (χ3n) is 4.37. The molecule has 1 amide bonds. The lowest BCUT2D eigenvalue weighted by molar-refractivity contribution is -0.116. The summed E-state index contributed by atoms with van der Waals surface area (Å²) in [5.41, 5.74) is 1.32. The van der Waals surface area contributed by atoms with Crippen molar-refractivity contribution in [1.29, 1.82) is 0 Å². The smallest absolute Gasteiger partial charge is 0.246 e. The van der Waals surface area contributed by atoms with Crippen LogP contribution in [0.5, 0.6) is 5.75 Å². The molecule has 2 heterocycles. The van der Waals surface area contributed by atoms with Crippen LogP contribution in [-0.2, 0) is 26.1 Å². The number of aromatic nitrogens is 1. The number of methoxy groups -OCH3 is 1. The number of rotatable bonds is 7. The quantitative estimate of drug-likeness (QED) is 0.685. The molecular weight excluding hydrogens is 394 g/mol. The Morgan fingerprint density at radius 3 is 2.76 bits per heavy atom. The molecule has 1 aromatic heterocycles. The SMILES string of the molecule is COc1ccc(/C=C/C(=O)NCc2ccccn2)cc1S(=O)(=O)N1CCOCC1. The first-order chi connectivity index (χ1) is 14.0. The third-order valence-corrected chi connectivity index (χ3v) is 6.29. The molecule has 1 fully saturated rings. The van der Waals surface area contributed by atoms with E-state index in [1.807, 2.05) is 12.1 Å². The molecule has 2 aromatic rings. The number of nitrogens with one attached hydrogen (secondary N) is 1. The van der Waals surface area contributed by atoms with Gasteiger partial charge in [-0.05, 0) is 35.9 Å². The van der Waals surface area contributed by atoms with E-state index in [4.69, 9.17) is 9.47 Å². The number of carbonyl (C=O) groups excluding carboxylic acids is 1. The summed E-state index contributed by atoms with van der Waals surface area (Å²) in [4.78, 5) is 16.3. The van der Waals surface area contributed by atoms with Crippen molar-refractivity contribution < 1.29 is 22.7 Å². The van der Waals surface area contributed by atoms with Crippen molar-refractivity contribution in [2.24, 2.45) is 0 Å². The van der Waals surface area contributed by atoms with Crippen molar-refractivity contribution >= 4 is 22.0 Å². The summed E-state index contributed by atoms with van der Waals surface area (Å²) < 4.78 is 37.8. The van der Waals surface area contributed by atoms with Gasteiger partial charge in [-0.1, -0.05) is 12.1 Å². The molecule has 8 nitrogen and oxygen atoms in total. The van der Waals surface area contributed by atoms with Crippen LogP contribution < -0.4 is 10.1 Å². The molecule has 3 rings (SSSR count). The Hall–Kier alpha value is -2.75. The first-order valence-electron chi connectivity index (χ1n) is 9.12. The molecule has 0 saturated carbocycles. The van der Waals surface area contributed by atoms with Gasteiger partial charge < -0.3 is 14.8 Å². The molecule has 0 bridgehead atoms. The number of carbonyl (C=O) groups is 1. The molecule has 0 aliphatic carbocycles. The largest absolute Gasteiger partial charge is 0.495 e. The third kappa shape index (κ3) is 5.41. The highest BCUT2D eigenvalue weighted by Crippen LogP contribution is 2.28. The molecule has 29 heavy (non-hydrogen) atoms. The number of sulfonamides is 1. The molecule has 1 aliphatic heterocycles. The Morgan fingerprint density at radius 2 is 2.07 bits per heavy atom. The number of hydrogen-bond donors (Lipinski definition) is 1. The highest BCUT2D eigenvalue weighted by molar-refractivity contribution is 7.89. The van der Waals surface area contributed by atoms with Gasteiger partial charge in [-0.25, -0.2) is 8.42 Å². The Morgan fingerprint density at radius 1 is 1.28 bits per heavy atom. The van der Waals surface area contributed by atoms with Crippen LogP contribution in [0.3, 0.4) is 0 Å². The van der Waals surface area contributed by atoms with Crippen molar-refractivity contribution in [3.63, 3.8) is 0 Å². The maximum absolute atomic E-state index is 13.0. The van der Waals surface area contributed by atoms with Gasteiger partial charge in [-0.3, -0.25) is 9.78 Å². The zero-order valence-corrected chi connectivity index (χ0v) is 16.9. The molecule has 1 N–H and O–H groups in total. The lowest BCUT2D eigenvalue weighted by atomic mass is 10.2. The highest BCUT2D eigenvalue weighted by Gasteiger charge is 2.29. The molecule has 9 heteroatoms. The van der Waals surface area contributed by atoms with Gasteiger partial charge in [0, 0.05) is 25.4 Å². The maximum Gasteiger partial charge on any atom is 0.246 e. The molecule has 154 valence electrons. The zero-order valence-electron chi connectivity index (χ0n) is 16.1. The summed E-state index contributed by atoms with van der Waals surface area (Å²) in [5, 5.41) is 2.74. The minimum atomic E-state index is -3.73. The summed E-state index contributed by atoms with van der Waals surface area (Å²) >= 11 is 0. The topological polar surface area (TPSA) is 97.8 Å². The predicted octanol–water partition coefficient (Wildman–Crippen LogP) is 1.44. The van der Waals surface area contributed by atoms with Crippen LogP contribution in [-0.4, -0.2) is 57.0 Å². The summed E-state index contributed by atoms with van der Waals surface area (Å²) in [6.45, 7) is 1.61. The van der Waals surface area contributed by atoms with Crippen LogP contribution in [0.4, 0.5) is 0 Å². The van der Waals surface area contributed by atoms with Crippen LogP contribution in [0.25, 0.3) is 6.08 Å². The molecule has 0 unspecified atom stereocenters. The fourth-order valence-corrected chi connectivity index (χ4v) is 4.43. The number of amides is 1. The van der Waals surface area contributed by atoms with E-state index in [1.165, 1.54) is 23.6 Å². The van der Waals surface area contributed by atoms with Crippen LogP contribution in [0.1, 0.15) is 11.3 Å². The Kier molecular flexibility index (Phi) is 6.97. The van der Waals surface area contributed by atoms with E-state index in [9.17, 15) is 13.2 Å². The molecule has 1 aromatic carbocycles. The van der Waals surface area contributed by atoms with Crippen molar-refractivity contribution in [1.82, 2.24) is 14.6 Å². The second-order valence-electron chi connectivity index (χ2n) is 6.30. The molecule has 0 atom stereocenters. The van der Waals surface area contributed by atoms with Crippen molar-refractivity contribution in [3.05, 3.63) is 59.9 Å². The van der Waals surface area contributed by atoms with E-state index < -0.39 is 10.0 Å². The number of ether oxygens (including phenoxy) is 2. The van der Waals surface area contributed by atoms with Crippen LogP contribution >= 0.6 is 0 Å². The van der Waals surface area contributed by atoms with E-state index in [2.05, 4.69) is 10.3 Å². The van der Waals surface area contributed by atoms with Gasteiger partial charge in [0.1, 0.15) is 10.6 Å². The molecule has 0 radical (unpaired) electrons. The Bertz CT molecular complexity index is 971. The first-order valence-corrected chi connectivity index (χ1v) is 10.6. The van der Waals surface area contributed by atoms with E-state index >= 15 is 0 Å². The number of hydrogen-bond acceptors (Lipinski definition) is 6. The van der Waals surface area contributed by atoms with Crippen molar-refractivity contribution in [3.8, 4) is 5.75 Å². The fourth-order valence-electron chi connectivity index (χ4n) is 2.84. The summed E-state index contributed by atoms with van der Waals surface area (Å²) in [6.07, 6.45) is 4.58. The monoisotopic (exact) mass is 417 g/mol. The summed E-state index contributed by atoms with van der Waals surface area (Å²) in [7, 11) is -2.30. The van der Waals surface area contributed by atoms with Gasteiger partial charge in [0.15, 0.2) is 0 Å². The van der Waals surface area contributed by atoms with E-state index in [0.29, 0.717) is 38.4 Å². The van der Waals surface area contributed by atoms with E-state index in [0.717, 1.165) is 5.69 Å². The number of benzene rings is 1. The van der Waals surface area contributed by atoms with Gasteiger partial charge in [-0.15, -0.1) is 0 Å². The zero-order chi connectivity index (χ0) is 20.7. The summed E-state index contributed by atoms with van der Waals surface area (Å²) in [6, 6.07) is 10.2. The average molecular weight is 417 g/mol. The first kappa shape index (κ1) is 21.0. The molecule has 0 spiro atoms. The molecule has 1 saturated heterocycles. The van der Waals surface area contributed by atoms with E-state index in [-0.39, 0.29) is 16.6 Å². The lowest BCUT2D eigenvalue weighted by Gasteiger charge is -2.26. The minimum Gasteiger partial charge on any atom is -0.495 e.